The predicted molar refractivity (Wildman–Crippen MR) is 73.2 cm³/mol. The molecule has 0 radical (unpaired) electrons. The second-order valence-corrected chi connectivity index (χ2v) is 5.77. The standard InChI is InChI=1S/C14H18BrNO/c1-10-7-12(9-13(15)8-10)14(17)16-6-2-3-11-4-5-11/h7-9,11H,2-6H2,1H3,(H,16,17). The van der Waals surface area contributed by atoms with Crippen molar-refractivity contribution in [2.75, 3.05) is 6.54 Å². The van der Waals surface area contributed by atoms with Crippen molar-refractivity contribution >= 4 is 21.8 Å². The van der Waals surface area contributed by atoms with Crippen LogP contribution in [0.2, 0.25) is 0 Å². The Morgan fingerprint density at radius 3 is 2.82 bits per heavy atom. The lowest BCUT2D eigenvalue weighted by Crippen LogP contribution is -2.24. The topological polar surface area (TPSA) is 29.1 Å². The van der Waals surface area contributed by atoms with Crippen LogP contribution in [0.25, 0.3) is 0 Å². The van der Waals surface area contributed by atoms with E-state index in [1.165, 1.54) is 19.3 Å². The van der Waals surface area contributed by atoms with E-state index in [4.69, 9.17) is 0 Å². The van der Waals surface area contributed by atoms with E-state index in [1.54, 1.807) is 0 Å². The lowest BCUT2D eigenvalue weighted by atomic mass is 10.1. The van der Waals surface area contributed by atoms with Gasteiger partial charge in [0.1, 0.15) is 0 Å². The van der Waals surface area contributed by atoms with Gasteiger partial charge >= 0.3 is 0 Å². The van der Waals surface area contributed by atoms with E-state index < -0.39 is 0 Å². The summed E-state index contributed by atoms with van der Waals surface area (Å²) in [5.41, 5.74) is 1.84. The summed E-state index contributed by atoms with van der Waals surface area (Å²) in [5.74, 6) is 0.977. The zero-order valence-electron chi connectivity index (χ0n) is 10.1. The molecule has 0 bridgehead atoms. The van der Waals surface area contributed by atoms with Crippen molar-refractivity contribution in [3.63, 3.8) is 0 Å². The Bertz CT molecular complexity index is 392. The maximum Gasteiger partial charge on any atom is 0.251 e. The summed E-state index contributed by atoms with van der Waals surface area (Å²) >= 11 is 3.41. The molecule has 0 saturated heterocycles. The molecular formula is C14H18BrNO. The molecule has 0 aromatic heterocycles. The Hall–Kier alpha value is -0.830. The normalized spacial score (nSPS) is 14.7. The van der Waals surface area contributed by atoms with Crippen LogP contribution in [0.1, 0.15) is 41.6 Å². The van der Waals surface area contributed by atoms with Crippen molar-refractivity contribution in [2.24, 2.45) is 5.92 Å². The number of carbonyl (C=O) groups excluding carboxylic acids is 1. The van der Waals surface area contributed by atoms with Gasteiger partial charge in [0, 0.05) is 16.6 Å². The molecule has 1 amide bonds. The molecule has 0 atom stereocenters. The van der Waals surface area contributed by atoms with Crippen LogP contribution in [0.3, 0.4) is 0 Å². The maximum absolute atomic E-state index is 11.9. The monoisotopic (exact) mass is 295 g/mol. The first kappa shape index (κ1) is 12.6. The average molecular weight is 296 g/mol. The summed E-state index contributed by atoms with van der Waals surface area (Å²) in [6, 6.07) is 5.79. The van der Waals surface area contributed by atoms with Gasteiger partial charge in [-0.15, -0.1) is 0 Å². The molecule has 0 unspecified atom stereocenters. The first-order valence-electron chi connectivity index (χ1n) is 6.20. The van der Waals surface area contributed by atoms with Gasteiger partial charge in [0.25, 0.3) is 5.91 Å². The van der Waals surface area contributed by atoms with Crippen molar-refractivity contribution in [2.45, 2.75) is 32.6 Å². The molecule has 1 aliphatic rings. The number of hydrogen-bond acceptors (Lipinski definition) is 1. The zero-order chi connectivity index (χ0) is 12.3. The van der Waals surface area contributed by atoms with Crippen LogP contribution in [-0.2, 0) is 0 Å². The molecule has 1 aromatic rings. The highest BCUT2D eigenvalue weighted by Crippen LogP contribution is 2.33. The van der Waals surface area contributed by atoms with E-state index in [2.05, 4.69) is 21.2 Å². The Labute approximate surface area is 111 Å². The van der Waals surface area contributed by atoms with Crippen LogP contribution in [0.15, 0.2) is 22.7 Å². The number of nitrogens with one attached hydrogen (secondary N) is 1. The van der Waals surface area contributed by atoms with E-state index in [0.29, 0.717) is 0 Å². The molecule has 1 N–H and O–H groups in total. The van der Waals surface area contributed by atoms with Crippen molar-refractivity contribution in [1.82, 2.24) is 5.32 Å². The molecule has 0 heterocycles. The molecule has 1 saturated carbocycles. The van der Waals surface area contributed by atoms with Gasteiger partial charge in [-0.25, -0.2) is 0 Å². The van der Waals surface area contributed by atoms with Crippen molar-refractivity contribution in [3.05, 3.63) is 33.8 Å². The summed E-state index contributed by atoms with van der Waals surface area (Å²) in [7, 11) is 0. The number of halogens is 1. The van der Waals surface area contributed by atoms with Crippen LogP contribution >= 0.6 is 15.9 Å². The summed E-state index contributed by atoms with van der Waals surface area (Å²) in [4.78, 5) is 11.9. The maximum atomic E-state index is 11.9. The van der Waals surface area contributed by atoms with Gasteiger partial charge in [0.05, 0.1) is 0 Å². The van der Waals surface area contributed by atoms with Gasteiger partial charge < -0.3 is 5.32 Å². The largest absolute Gasteiger partial charge is 0.352 e. The van der Waals surface area contributed by atoms with Crippen LogP contribution in [0, 0.1) is 12.8 Å². The molecular weight excluding hydrogens is 278 g/mol. The fraction of sp³-hybridized carbons (Fsp3) is 0.500. The minimum atomic E-state index is 0.0326. The number of hydrogen-bond donors (Lipinski definition) is 1. The van der Waals surface area contributed by atoms with Gasteiger partial charge in [0.15, 0.2) is 0 Å². The number of carbonyl (C=O) groups is 1. The number of rotatable bonds is 5. The highest BCUT2D eigenvalue weighted by atomic mass is 79.9. The third-order valence-corrected chi connectivity index (χ3v) is 3.53. The third kappa shape index (κ3) is 4.15. The molecule has 1 fully saturated rings. The fourth-order valence-electron chi connectivity index (χ4n) is 1.97. The highest BCUT2D eigenvalue weighted by molar-refractivity contribution is 9.10. The Kier molecular flexibility index (Phi) is 4.21. The molecule has 17 heavy (non-hydrogen) atoms. The van der Waals surface area contributed by atoms with Gasteiger partial charge in [-0.3, -0.25) is 4.79 Å². The van der Waals surface area contributed by atoms with E-state index in [1.807, 2.05) is 25.1 Å². The van der Waals surface area contributed by atoms with Crippen LogP contribution in [0.5, 0.6) is 0 Å². The Morgan fingerprint density at radius 2 is 2.18 bits per heavy atom. The first-order chi connectivity index (χ1) is 8.15. The molecule has 2 rings (SSSR count). The van der Waals surface area contributed by atoms with Crippen LogP contribution in [-0.4, -0.2) is 12.5 Å². The summed E-state index contributed by atoms with van der Waals surface area (Å²) < 4.78 is 0.959. The summed E-state index contributed by atoms with van der Waals surface area (Å²) in [6.07, 6.45) is 5.14. The van der Waals surface area contributed by atoms with E-state index >= 15 is 0 Å². The molecule has 92 valence electrons. The van der Waals surface area contributed by atoms with Gasteiger partial charge in [-0.1, -0.05) is 28.8 Å². The Morgan fingerprint density at radius 1 is 1.41 bits per heavy atom. The molecule has 2 nitrogen and oxygen atoms in total. The highest BCUT2D eigenvalue weighted by Gasteiger charge is 2.20. The summed E-state index contributed by atoms with van der Waals surface area (Å²) in [6.45, 7) is 2.79. The second kappa shape index (κ2) is 5.67. The molecule has 0 aliphatic heterocycles. The Balaban J connectivity index is 1.80. The quantitative estimate of drug-likeness (QED) is 0.825. The van der Waals surface area contributed by atoms with Crippen molar-refractivity contribution in [1.29, 1.82) is 0 Å². The number of benzene rings is 1. The minimum absolute atomic E-state index is 0.0326. The summed E-state index contributed by atoms with van der Waals surface area (Å²) in [5, 5.41) is 2.98. The lowest BCUT2D eigenvalue weighted by molar-refractivity contribution is 0.0952. The van der Waals surface area contributed by atoms with Gasteiger partial charge in [-0.2, -0.15) is 0 Å². The minimum Gasteiger partial charge on any atom is -0.352 e. The van der Waals surface area contributed by atoms with Crippen molar-refractivity contribution < 1.29 is 4.79 Å². The molecule has 1 aromatic carbocycles. The molecule has 0 spiro atoms. The van der Waals surface area contributed by atoms with E-state index in [-0.39, 0.29) is 5.91 Å². The lowest BCUT2D eigenvalue weighted by Gasteiger charge is -2.06. The second-order valence-electron chi connectivity index (χ2n) is 4.86. The fourth-order valence-corrected chi connectivity index (χ4v) is 2.58. The van der Waals surface area contributed by atoms with Crippen LogP contribution in [0.4, 0.5) is 0 Å². The molecule has 1 aliphatic carbocycles. The first-order valence-corrected chi connectivity index (χ1v) is 7.00. The van der Waals surface area contributed by atoms with E-state index in [0.717, 1.165) is 34.5 Å². The number of amides is 1. The zero-order valence-corrected chi connectivity index (χ0v) is 11.7. The SMILES string of the molecule is Cc1cc(Br)cc(C(=O)NCCCC2CC2)c1. The smallest absolute Gasteiger partial charge is 0.251 e. The van der Waals surface area contributed by atoms with Crippen molar-refractivity contribution in [3.8, 4) is 0 Å². The predicted octanol–water partition coefficient (Wildman–Crippen LogP) is 3.68. The van der Waals surface area contributed by atoms with Gasteiger partial charge in [-0.05, 0) is 49.4 Å². The third-order valence-electron chi connectivity index (χ3n) is 3.08. The van der Waals surface area contributed by atoms with Crippen LogP contribution < -0.4 is 5.32 Å². The number of aryl methyl sites for hydroxylation is 1. The average Bonchev–Trinajstić information content (AvgIpc) is 3.06. The molecule has 3 heteroatoms. The van der Waals surface area contributed by atoms with Gasteiger partial charge in [0.2, 0.25) is 0 Å². The van der Waals surface area contributed by atoms with E-state index in [9.17, 15) is 4.79 Å².